The fourth-order valence-corrected chi connectivity index (χ4v) is 2.87. The molecule has 1 aliphatic carbocycles. The van der Waals surface area contributed by atoms with Gasteiger partial charge in [-0.1, -0.05) is 35.4 Å². The van der Waals surface area contributed by atoms with Gasteiger partial charge in [0, 0.05) is 10.9 Å². The lowest BCUT2D eigenvalue weighted by Crippen LogP contribution is -2.15. The van der Waals surface area contributed by atoms with Crippen molar-refractivity contribution in [3.8, 4) is 0 Å². The summed E-state index contributed by atoms with van der Waals surface area (Å²) < 4.78 is 5.41. The second kappa shape index (κ2) is 5.17. The highest BCUT2D eigenvalue weighted by atomic mass is 35.5. The van der Waals surface area contributed by atoms with E-state index < -0.39 is 0 Å². The minimum absolute atomic E-state index is 0.257. The zero-order valence-electron chi connectivity index (χ0n) is 10.7. The molecule has 4 heteroatoms. The molecule has 0 fully saturated rings. The summed E-state index contributed by atoms with van der Waals surface area (Å²) in [5.41, 5.74) is 2.69. The minimum Gasteiger partial charge on any atom is -0.428 e. The van der Waals surface area contributed by atoms with Crippen molar-refractivity contribution in [1.82, 2.24) is 10.2 Å². The van der Waals surface area contributed by atoms with Crippen LogP contribution in [0.2, 0.25) is 5.02 Å². The molecule has 98 valence electrons. The van der Waals surface area contributed by atoms with E-state index >= 15 is 0 Å². The summed E-state index contributed by atoms with van der Waals surface area (Å²) in [7, 11) is 0. The van der Waals surface area contributed by atoms with Gasteiger partial charge in [-0.15, -0.1) is 10.2 Å². The minimum atomic E-state index is 0.257. The predicted octanol–water partition coefficient (Wildman–Crippen LogP) is 4.33. The fourth-order valence-electron chi connectivity index (χ4n) is 2.74. The van der Waals surface area contributed by atoms with E-state index in [2.05, 4.69) is 35.3 Å². The summed E-state index contributed by atoms with van der Waals surface area (Å²) in [6.45, 7) is 2.17. The van der Waals surface area contributed by atoms with E-state index in [1.165, 1.54) is 17.5 Å². The second-order valence-electron chi connectivity index (χ2n) is 5.03. The third-order valence-electron chi connectivity index (χ3n) is 3.74. The molecule has 0 saturated carbocycles. The Morgan fingerprint density at radius 1 is 1.21 bits per heavy atom. The maximum absolute atomic E-state index is 5.96. The molecule has 2 aromatic rings. The van der Waals surface area contributed by atoms with E-state index in [4.69, 9.17) is 16.0 Å². The number of halogens is 1. The maximum atomic E-state index is 5.96. The highest BCUT2D eigenvalue weighted by Gasteiger charge is 2.30. The Balaban J connectivity index is 1.96. The summed E-state index contributed by atoms with van der Waals surface area (Å²) >= 11 is 5.96. The van der Waals surface area contributed by atoms with E-state index in [9.17, 15) is 0 Å². The van der Waals surface area contributed by atoms with Crippen molar-refractivity contribution in [2.75, 3.05) is 0 Å². The molecular weight excluding hydrogens is 260 g/mol. The fraction of sp³-hybridized carbons (Fsp3) is 0.333. The SMILES string of the molecule is CC1=CC[C@H](c2nnco2)[C@@H](c2ccc(Cl)cc2)C1. The maximum Gasteiger partial charge on any atom is 0.220 e. The largest absolute Gasteiger partial charge is 0.428 e. The van der Waals surface area contributed by atoms with Crippen LogP contribution in [0.15, 0.2) is 46.7 Å². The van der Waals surface area contributed by atoms with Crippen LogP contribution < -0.4 is 0 Å². The van der Waals surface area contributed by atoms with Gasteiger partial charge in [0.25, 0.3) is 0 Å². The first kappa shape index (κ1) is 12.4. The van der Waals surface area contributed by atoms with Crippen LogP contribution in [-0.2, 0) is 0 Å². The highest BCUT2D eigenvalue weighted by Crippen LogP contribution is 2.42. The molecule has 19 heavy (non-hydrogen) atoms. The Morgan fingerprint density at radius 3 is 2.68 bits per heavy atom. The van der Waals surface area contributed by atoms with Crippen molar-refractivity contribution >= 4 is 11.6 Å². The molecular formula is C15H15ClN2O. The standard InChI is InChI=1S/C15H15ClN2O/c1-10-2-7-13(15-18-17-9-19-15)14(8-10)11-3-5-12(16)6-4-11/h2-6,9,13-14H,7-8H2,1H3/t13-,14+/m0/s1. The zero-order valence-corrected chi connectivity index (χ0v) is 11.5. The van der Waals surface area contributed by atoms with Crippen LogP contribution in [0.4, 0.5) is 0 Å². The lowest BCUT2D eigenvalue weighted by molar-refractivity contribution is 0.391. The van der Waals surface area contributed by atoms with Crippen LogP contribution in [0.25, 0.3) is 0 Å². The number of benzene rings is 1. The molecule has 0 saturated heterocycles. The summed E-state index contributed by atoms with van der Waals surface area (Å²) in [5, 5.41) is 8.65. The molecule has 3 nitrogen and oxygen atoms in total. The van der Waals surface area contributed by atoms with Crippen LogP contribution in [-0.4, -0.2) is 10.2 Å². The monoisotopic (exact) mass is 274 g/mol. The summed E-state index contributed by atoms with van der Waals surface area (Å²) in [4.78, 5) is 0. The van der Waals surface area contributed by atoms with Crippen LogP contribution in [0.1, 0.15) is 43.1 Å². The average Bonchev–Trinajstić information content (AvgIpc) is 2.93. The summed E-state index contributed by atoms with van der Waals surface area (Å²) in [5.74, 6) is 1.36. The van der Waals surface area contributed by atoms with Gasteiger partial charge in [-0.25, -0.2) is 0 Å². The molecule has 0 radical (unpaired) electrons. The molecule has 0 aliphatic heterocycles. The smallest absolute Gasteiger partial charge is 0.220 e. The summed E-state index contributed by atoms with van der Waals surface area (Å²) in [6.07, 6.45) is 5.64. The van der Waals surface area contributed by atoms with Crippen LogP contribution in [0.3, 0.4) is 0 Å². The molecule has 3 rings (SSSR count). The molecule has 0 amide bonds. The number of aromatic nitrogens is 2. The number of hydrogen-bond donors (Lipinski definition) is 0. The van der Waals surface area contributed by atoms with E-state index in [0.29, 0.717) is 5.92 Å². The first-order valence-corrected chi connectivity index (χ1v) is 6.79. The van der Waals surface area contributed by atoms with Crippen LogP contribution in [0, 0.1) is 0 Å². The van der Waals surface area contributed by atoms with E-state index in [0.717, 1.165) is 23.8 Å². The number of rotatable bonds is 2. The van der Waals surface area contributed by atoms with E-state index in [-0.39, 0.29) is 5.92 Å². The van der Waals surface area contributed by atoms with Crippen molar-refractivity contribution < 1.29 is 4.42 Å². The van der Waals surface area contributed by atoms with Crippen molar-refractivity contribution in [3.63, 3.8) is 0 Å². The Labute approximate surface area is 117 Å². The molecule has 1 aromatic heterocycles. The van der Waals surface area contributed by atoms with Gasteiger partial charge in [-0.05, 0) is 43.4 Å². The Morgan fingerprint density at radius 2 is 2.00 bits per heavy atom. The number of nitrogens with zero attached hydrogens (tertiary/aromatic N) is 2. The molecule has 2 atom stereocenters. The molecule has 0 N–H and O–H groups in total. The molecule has 1 aliphatic rings. The van der Waals surface area contributed by atoms with Crippen molar-refractivity contribution in [2.45, 2.75) is 31.6 Å². The third-order valence-corrected chi connectivity index (χ3v) is 3.99. The molecule has 0 unspecified atom stereocenters. The van der Waals surface area contributed by atoms with Crippen molar-refractivity contribution in [2.24, 2.45) is 0 Å². The molecule has 0 bridgehead atoms. The van der Waals surface area contributed by atoms with Gasteiger partial charge in [0.2, 0.25) is 12.3 Å². The lowest BCUT2D eigenvalue weighted by atomic mass is 9.76. The molecule has 1 aromatic carbocycles. The van der Waals surface area contributed by atoms with E-state index in [1.807, 2.05) is 12.1 Å². The highest BCUT2D eigenvalue weighted by molar-refractivity contribution is 6.30. The average molecular weight is 275 g/mol. The van der Waals surface area contributed by atoms with Crippen LogP contribution >= 0.6 is 11.6 Å². The Bertz CT molecular complexity index is 575. The molecule has 1 heterocycles. The van der Waals surface area contributed by atoms with Gasteiger partial charge < -0.3 is 4.42 Å². The Kier molecular flexibility index (Phi) is 3.38. The normalized spacial score (nSPS) is 23.2. The van der Waals surface area contributed by atoms with E-state index in [1.54, 1.807) is 0 Å². The lowest BCUT2D eigenvalue weighted by Gasteiger charge is -2.28. The zero-order chi connectivity index (χ0) is 13.2. The Hall–Kier alpha value is -1.61. The first-order valence-electron chi connectivity index (χ1n) is 6.41. The van der Waals surface area contributed by atoms with Crippen molar-refractivity contribution in [1.29, 1.82) is 0 Å². The van der Waals surface area contributed by atoms with Gasteiger partial charge in [0.1, 0.15) is 0 Å². The molecule has 0 spiro atoms. The van der Waals surface area contributed by atoms with Crippen molar-refractivity contribution in [3.05, 3.63) is 58.8 Å². The summed E-state index contributed by atoms with van der Waals surface area (Å²) in [6, 6.07) is 8.06. The topological polar surface area (TPSA) is 38.9 Å². The van der Waals surface area contributed by atoms with Crippen LogP contribution in [0.5, 0.6) is 0 Å². The number of hydrogen-bond acceptors (Lipinski definition) is 3. The van der Waals surface area contributed by atoms with Gasteiger partial charge in [-0.3, -0.25) is 0 Å². The first-order chi connectivity index (χ1) is 9.24. The number of allylic oxidation sites excluding steroid dienone is 2. The van der Waals surface area contributed by atoms with Gasteiger partial charge in [-0.2, -0.15) is 0 Å². The third kappa shape index (κ3) is 2.56. The van der Waals surface area contributed by atoms with Gasteiger partial charge in [0.15, 0.2) is 0 Å². The van der Waals surface area contributed by atoms with Gasteiger partial charge in [0.05, 0.1) is 0 Å². The second-order valence-corrected chi connectivity index (χ2v) is 5.47. The van der Waals surface area contributed by atoms with Gasteiger partial charge >= 0.3 is 0 Å². The quantitative estimate of drug-likeness (QED) is 0.765. The predicted molar refractivity (Wildman–Crippen MR) is 74.2 cm³/mol.